The van der Waals surface area contributed by atoms with Gasteiger partial charge in [-0.05, 0) is 56.2 Å². The molecule has 0 aliphatic carbocycles. The van der Waals surface area contributed by atoms with Gasteiger partial charge < -0.3 is 9.88 Å². The van der Waals surface area contributed by atoms with Crippen molar-refractivity contribution in [2.24, 2.45) is 0 Å². The van der Waals surface area contributed by atoms with Crippen LogP contribution in [-0.2, 0) is 11.3 Å². The summed E-state index contributed by atoms with van der Waals surface area (Å²) in [4.78, 5) is 16.6. The third kappa shape index (κ3) is 4.29. The van der Waals surface area contributed by atoms with Crippen LogP contribution in [0.2, 0.25) is 0 Å². The second-order valence-corrected chi connectivity index (χ2v) is 6.92. The molecular formula is C19H21N5OS. The number of carbonyl (C=O) groups is 1. The van der Waals surface area contributed by atoms with Crippen molar-refractivity contribution in [3.8, 4) is 11.5 Å². The molecule has 1 aromatic carbocycles. The Morgan fingerprint density at radius 1 is 1.15 bits per heavy atom. The lowest BCUT2D eigenvalue weighted by atomic mass is 10.1. The third-order valence-corrected chi connectivity index (χ3v) is 4.73. The van der Waals surface area contributed by atoms with Crippen LogP contribution in [-0.4, -0.2) is 31.4 Å². The number of rotatable bonds is 6. The lowest BCUT2D eigenvalue weighted by Gasteiger charge is -2.08. The van der Waals surface area contributed by atoms with Gasteiger partial charge in [0.2, 0.25) is 5.91 Å². The highest BCUT2D eigenvalue weighted by atomic mass is 32.2. The predicted molar refractivity (Wildman–Crippen MR) is 104 cm³/mol. The minimum Gasteiger partial charge on any atom is -0.325 e. The van der Waals surface area contributed by atoms with Gasteiger partial charge in [0.15, 0.2) is 11.0 Å². The fourth-order valence-electron chi connectivity index (χ4n) is 2.74. The average molecular weight is 367 g/mol. The Kier molecular flexibility index (Phi) is 5.68. The van der Waals surface area contributed by atoms with Crippen LogP contribution in [0.25, 0.3) is 11.5 Å². The largest absolute Gasteiger partial charge is 0.325 e. The highest BCUT2D eigenvalue weighted by Gasteiger charge is 2.15. The number of amides is 1. The molecule has 0 spiro atoms. The first kappa shape index (κ1) is 18.1. The molecule has 0 unspecified atom stereocenters. The zero-order valence-corrected chi connectivity index (χ0v) is 15.9. The van der Waals surface area contributed by atoms with Crippen molar-refractivity contribution >= 4 is 23.4 Å². The molecule has 26 heavy (non-hydrogen) atoms. The van der Waals surface area contributed by atoms with Gasteiger partial charge in [0.05, 0.1) is 5.75 Å². The molecule has 3 rings (SSSR count). The Bertz CT molecular complexity index is 887. The Morgan fingerprint density at radius 2 is 1.92 bits per heavy atom. The normalized spacial score (nSPS) is 10.7. The van der Waals surface area contributed by atoms with Gasteiger partial charge in [-0.3, -0.25) is 9.78 Å². The molecule has 0 bridgehead atoms. The number of benzene rings is 1. The summed E-state index contributed by atoms with van der Waals surface area (Å²) in [5, 5.41) is 12.1. The van der Waals surface area contributed by atoms with Crippen molar-refractivity contribution < 1.29 is 4.79 Å². The molecule has 134 valence electrons. The second kappa shape index (κ2) is 8.14. The van der Waals surface area contributed by atoms with Gasteiger partial charge >= 0.3 is 0 Å². The maximum absolute atomic E-state index is 12.3. The molecule has 2 heterocycles. The van der Waals surface area contributed by atoms with E-state index >= 15 is 0 Å². The van der Waals surface area contributed by atoms with Gasteiger partial charge in [0.25, 0.3) is 0 Å². The van der Waals surface area contributed by atoms with E-state index in [1.807, 2.05) is 55.7 Å². The van der Waals surface area contributed by atoms with Crippen LogP contribution in [0.1, 0.15) is 18.1 Å². The van der Waals surface area contributed by atoms with E-state index in [1.165, 1.54) is 11.8 Å². The van der Waals surface area contributed by atoms with Gasteiger partial charge in [-0.1, -0.05) is 23.9 Å². The van der Waals surface area contributed by atoms with Crippen LogP contribution in [0.3, 0.4) is 0 Å². The van der Waals surface area contributed by atoms with E-state index in [0.717, 1.165) is 22.5 Å². The first-order valence-electron chi connectivity index (χ1n) is 8.42. The minimum absolute atomic E-state index is 0.0648. The summed E-state index contributed by atoms with van der Waals surface area (Å²) in [6, 6.07) is 11.7. The second-order valence-electron chi connectivity index (χ2n) is 5.98. The number of hydrogen-bond donors (Lipinski definition) is 1. The van der Waals surface area contributed by atoms with Crippen molar-refractivity contribution in [3.05, 3.63) is 53.7 Å². The third-order valence-electron chi connectivity index (χ3n) is 3.76. The molecule has 3 aromatic rings. The molecule has 0 saturated heterocycles. The van der Waals surface area contributed by atoms with Gasteiger partial charge in [0.1, 0.15) is 5.69 Å². The standard InChI is InChI=1S/C19H21N5OS/c1-4-24-18(16-7-5-6-8-20-16)22-23-19(24)26-12-17(25)21-15-10-13(2)9-14(3)11-15/h5-11H,4,12H2,1-3H3,(H,21,25). The number of pyridine rings is 1. The Hall–Kier alpha value is -2.67. The molecule has 0 radical (unpaired) electrons. The van der Waals surface area contributed by atoms with E-state index in [1.54, 1.807) is 6.20 Å². The van der Waals surface area contributed by atoms with Gasteiger partial charge in [-0.15, -0.1) is 10.2 Å². The van der Waals surface area contributed by atoms with E-state index < -0.39 is 0 Å². The molecule has 0 fully saturated rings. The van der Waals surface area contributed by atoms with Gasteiger partial charge in [-0.25, -0.2) is 0 Å². The van der Waals surface area contributed by atoms with Gasteiger partial charge in [0, 0.05) is 18.4 Å². The van der Waals surface area contributed by atoms with Crippen molar-refractivity contribution in [2.75, 3.05) is 11.1 Å². The van der Waals surface area contributed by atoms with E-state index in [9.17, 15) is 4.79 Å². The first-order chi connectivity index (χ1) is 12.6. The summed E-state index contributed by atoms with van der Waals surface area (Å²) >= 11 is 1.37. The lowest BCUT2D eigenvalue weighted by molar-refractivity contribution is -0.113. The predicted octanol–water partition coefficient (Wildman–Crippen LogP) is 3.71. The highest BCUT2D eigenvalue weighted by molar-refractivity contribution is 7.99. The summed E-state index contributed by atoms with van der Waals surface area (Å²) < 4.78 is 1.97. The monoisotopic (exact) mass is 367 g/mol. The molecule has 0 atom stereocenters. The molecule has 6 nitrogen and oxygen atoms in total. The van der Waals surface area contributed by atoms with Crippen LogP contribution < -0.4 is 5.32 Å². The molecule has 0 aliphatic heterocycles. The maximum atomic E-state index is 12.3. The fourth-order valence-corrected chi connectivity index (χ4v) is 3.54. The Balaban J connectivity index is 1.68. The van der Waals surface area contributed by atoms with Crippen LogP contribution in [0.4, 0.5) is 5.69 Å². The van der Waals surface area contributed by atoms with Crippen molar-refractivity contribution in [1.82, 2.24) is 19.7 Å². The number of carbonyl (C=O) groups excluding carboxylic acids is 1. The van der Waals surface area contributed by atoms with Crippen molar-refractivity contribution in [2.45, 2.75) is 32.5 Å². The average Bonchev–Trinajstić information content (AvgIpc) is 3.02. The molecular weight excluding hydrogens is 346 g/mol. The van der Waals surface area contributed by atoms with Crippen molar-refractivity contribution in [1.29, 1.82) is 0 Å². The van der Waals surface area contributed by atoms with E-state index in [2.05, 4.69) is 26.6 Å². The summed E-state index contributed by atoms with van der Waals surface area (Å²) in [6.07, 6.45) is 1.73. The zero-order chi connectivity index (χ0) is 18.5. The SMILES string of the molecule is CCn1c(SCC(=O)Nc2cc(C)cc(C)c2)nnc1-c1ccccn1. The summed E-state index contributed by atoms with van der Waals surface area (Å²) in [7, 11) is 0. The van der Waals surface area contributed by atoms with E-state index in [0.29, 0.717) is 17.5 Å². The van der Waals surface area contributed by atoms with E-state index in [-0.39, 0.29) is 11.7 Å². The summed E-state index contributed by atoms with van der Waals surface area (Å²) in [5.74, 6) is 0.920. The number of nitrogens with zero attached hydrogens (tertiary/aromatic N) is 4. The Morgan fingerprint density at radius 3 is 2.58 bits per heavy atom. The Labute approximate surface area is 157 Å². The zero-order valence-electron chi connectivity index (χ0n) is 15.1. The van der Waals surface area contributed by atoms with Crippen LogP contribution in [0.5, 0.6) is 0 Å². The van der Waals surface area contributed by atoms with Crippen molar-refractivity contribution in [3.63, 3.8) is 0 Å². The molecule has 2 aromatic heterocycles. The number of anilines is 1. The maximum Gasteiger partial charge on any atom is 0.234 e. The van der Waals surface area contributed by atoms with Crippen LogP contribution >= 0.6 is 11.8 Å². The first-order valence-corrected chi connectivity index (χ1v) is 9.41. The summed E-state index contributed by atoms with van der Waals surface area (Å²) in [5.41, 5.74) is 3.84. The minimum atomic E-state index is -0.0648. The number of hydrogen-bond acceptors (Lipinski definition) is 5. The highest BCUT2D eigenvalue weighted by Crippen LogP contribution is 2.23. The molecule has 0 aliphatic rings. The van der Waals surface area contributed by atoms with Gasteiger partial charge in [-0.2, -0.15) is 0 Å². The van der Waals surface area contributed by atoms with E-state index in [4.69, 9.17) is 0 Å². The fraction of sp³-hybridized carbons (Fsp3) is 0.263. The number of aromatic nitrogens is 4. The molecule has 1 amide bonds. The smallest absolute Gasteiger partial charge is 0.234 e. The quantitative estimate of drug-likeness (QED) is 0.673. The summed E-state index contributed by atoms with van der Waals surface area (Å²) in [6.45, 7) is 6.76. The topological polar surface area (TPSA) is 72.7 Å². The number of nitrogens with one attached hydrogen (secondary N) is 1. The van der Waals surface area contributed by atoms with Crippen LogP contribution in [0, 0.1) is 13.8 Å². The lowest BCUT2D eigenvalue weighted by Crippen LogP contribution is -2.15. The molecule has 0 saturated carbocycles. The number of thioether (sulfide) groups is 1. The van der Waals surface area contributed by atoms with Crippen LogP contribution in [0.15, 0.2) is 47.8 Å². The molecule has 7 heteroatoms. The molecule has 1 N–H and O–H groups in total. The number of aryl methyl sites for hydroxylation is 2.